The number of nitrogens with zero attached hydrogens (tertiary/aromatic N) is 1. The third-order valence-corrected chi connectivity index (χ3v) is 3.01. The Labute approximate surface area is 101 Å². The van der Waals surface area contributed by atoms with Crippen molar-refractivity contribution in [1.29, 1.82) is 5.26 Å². The van der Waals surface area contributed by atoms with E-state index in [0.29, 0.717) is 26.2 Å². The van der Waals surface area contributed by atoms with Crippen LogP contribution in [0.25, 0.3) is 0 Å². The molecule has 2 N–H and O–H groups in total. The number of aliphatic hydroxyl groups is 1. The van der Waals surface area contributed by atoms with Gasteiger partial charge in [0.15, 0.2) is 5.54 Å². The van der Waals surface area contributed by atoms with Crippen LogP contribution < -0.4 is 5.32 Å². The lowest BCUT2D eigenvalue weighted by Crippen LogP contribution is -2.48. The van der Waals surface area contributed by atoms with Crippen molar-refractivity contribution in [2.24, 2.45) is 0 Å². The Hall–Kier alpha value is -1.41. The second-order valence-electron chi connectivity index (χ2n) is 4.17. The quantitative estimate of drug-likeness (QED) is 0.757. The minimum absolute atomic E-state index is 0.122. The standard InChI is InChI=1S/C13H16N2O2/c14-9-13(15-6-3-7-16)10-17-8-11-4-1-2-5-12(11)13/h1-2,4-5,15-16H,3,6-8,10H2. The Morgan fingerprint density at radius 3 is 3.06 bits per heavy atom. The molecule has 1 aliphatic rings. The van der Waals surface area contributed by atoms with E-state index < -0.39 is 5.54 Å². The third kappa shape index (κ3) is 2.32. The Morgan fingerprint density at radius 1 is 1.47 bits per heavy atom. The van der Waals surface area contributed by atoms with E-state index in [2.05, 4.69) is 11.4 Å². The molecule has 1 aliphatic heterocycles. The maximum Gasteiger partial charge on any atom is 0.156 e. The summed E-state index contributed by atoms with van der Waals surface area (Å²) in [6.07, 6.45) is 0.631. The highest BCUT2D eigenvalue weighted by Gasteiger charge is 2.36. The van der Waals surface area contributed by atoms with E-state index in [9.17, 15) is 5.26 Å². The van der Waals surface area contributed by atoms with Gasteiger partial charge in [0.1, 0.15) is 0 Å². The minimum Gasteiger partial charge on any atom is -0.396 e. The van der Waals surface area contributed by atoms with Crippen LogP contribution in [-0.2, 0) is 16.9 Å². The molecule has 0 bridgehead atoms. The summed E-state index contributed by atoms with van der Waals surface area (Å²) >= 11 is 0. The molecule has 4 heteroatoms. The first-order valence-electron chi connectivity index (χ1n) is 5.76. The molecule has 4 nitrogen and oxygen atoms in total. The van der Waals surface area contributed by atoms with Gasteiger partial charge >= 0.3 is 0 Å². The van der Waals surface area contributed by atoms with E-state index in [1.165, 1.54) is 0 Å². The molecule has 1 atom stereocenters. The molecule has 0 saturated heterocycles. The zero-order valence-electron chi connectivity index (χ0n) is 9.65. The topological polar surface area (TPSA) is 65.3 Å². The summed E-state index contributed by atoms with van der Waals surface area (Å²) in [4.78, 5) is 0. The zero-order chi connectivity index (χ0) is 12.1. The highest BCUT2D eigenvalue weighted by atomic mass is 16.5. The van der Waals surface area contributed by atoms with Crippen molar-refractivity contribution in [3.63, 3.8) is 0 Å². The Kier molecular flexibility index (Phi) is 3.75. The number of nitriles is 1. The lowest BCUT2D eigenvalue weighted by molar-refractivity contribution is 0.0577. The molecule has 0 amide bonds. The summed E-state index contributed by atoms with van der Waals surface area (Å²) < 4.78 is 5.49. The van der Waals surface area contributed by atoms with Crippen molar-refractivity contribution in [3.05, 3.63) is 35.4 Å². The molecular weight excluding hydrogens is 216 g/mol. The summed E-state index contributed by atoms with van der Waals surface area (Å²) in [5.74, 6) is 0. The molecule has 0 aromatic heterocycles. The van der Waals surface area contributed by atoms with Crippen molar-refractivity contribution in [2.75, 3.05) is 19.8 Å². The van der Waals surface area contributed by atoms with Gasteiger partial charge in [0.2, 0.25) is 0 Å². The second kappa shape index (κ2) is 5.28. The monoisotopic (exact) mass is 232 g/mol. The number of hydrogen-bond acceptors (Lipinski definition) is 4. The lowest BCUT2D eigenvalue weighted by atomic mass is 9.86. The molecule has 0 spiro atoms. The molecule has 2 rings (SSSR count). The van der Waals surface area contributed by atoms with Crippen LogP contribution in [0.15, 0.2) is 24.3 Å². The average Bonchev–Trinajstić information content (AvgIpc) is 2.39. The number of aliphatic hydroxyl groups excluding tert-OH is 1. The summed E-state index contributed by atoms with van der Waals surface area (Å²) in [6.45, 7) is 1.63. The average molecular weight is 232 g/mol. The smallest absolute Gasteiger partial charge is 0.156 e. The van der Waals surface area contributed by atoms with Crippen molar-refractivity contribution >= 4 is 0 Å². The van der Waals surface area contributed by atoms with E-state index in [-0.39, 0.29) is 6.61 Å². The number of nitrogens with one attached hydrogen (secondary N) is 1. The maximum atomic E-state index is 9.43. The molecule has 1 aromatic carbocycles. The second-order valence-corrected chi connectivity index (χ2v) is 4.17. The van der Waals surface area contributed by atoms with Gasteiger partial charge in [-0.05, 0) is 24.1 Å². The van der Waals surface area contributed by atoms with Crippen LogP contribution in [0, 0.1) is 11.3 Å². The lowest BCUT2D eigenvalue weighted by Gasteiger charge is -2.34. The summed E-state index contributed by atoms with van der Waals surface area (Å²) in [7, 11) is 0. The van der Waals surface area contributed by atoms with E-state index in [4.69, 9.17) is 9.84 Å². The third-order valence-electron chi connectivity index (χ3n) is 3.01. The highest BCUT2D eigenvalue weighted by molar-refractivity contribution is 5.40. The molecule has 17 heavy (non-hydrogen) atoms. The van der Waals surface area contributed by atoms with Crippen LogP contribution in [0.5, 0.6) is 0 Å². The van der Waals surface area contributed by atoms with Gasteiger partial charge in [-0.15, -0.1) is 0 Å². The molecule has 0 saturated carbocycles. The molecular formula is C13H16N2O2. The van der Waals surface area contributed by atoms with Gasteiger partial charge in [-0.2, -0.15) is 5.26 Å². The Morgan fingerprint density at radius 2 is 2.29 bits per heavy atom. The van der Waals surface area contributed by atoms with Crippen LogP contribution in [0.1, 0.15) is 17.5 Å². The molecule has 0 fully saturated rings. The van der Waals surface area contributed by atoms with Gasteiger partial charge in [-0.3, -0.25) is 5.32 Å². The van der Waals surface area contributed by atoms with Crippen molar-refractivity contribution in [1.82, 2.24) is 5.32 Å². The van der Waals surface area contributed by atoms with Gasteiger partial charge in [0, 0.05) is 6.61 Å². The van der Waals surface area contributed by atoms with E-state index in [0.717, 1.165) is 11.1 Å². The van der Waals surface area contributed by atoms with Crippen LogP contribution in [0.3, 0.4) is 0 Å². The summed E-state index contributed by atoms with van der Waals surface area (Å²) in [5, 5.41) is 21.4. The molecule has 0 radical (unpaired) electrons. The SMILES string of the molecule is N#CC1(NCCCO)COCc2ccccc21. The minimum atomic E-state index is -0.774. The summed E-state index contributed by atoms with van der Waals surface area (Å²) in [6, 6.07) is 10.1. The zero-order valence-corrected chi connectivity index (χ0v) is 9.65. The molecule has 1 aromatic rings. The van der Waals surface area contributed by atoms with Gasteiger partial charge in [-0.1, -0.05) is 24.3 Å². The number of hydrogen-bond donors (Lipinski definition) is 2. The molecule has 0 aliphatic carbocycles. The normalized spacial score (nSPS) is 22.8. The predicted octanol–water partition coefficient (Wildman–Crippen LogP) is 0.908. The number of fused-ring (bicyclic) bond motifs is 1. The molecule has 90 valence electrons. The Balaban J connectivity index is 2.27. The van der Waals surface area contributed by atoms with Gasteiger partial charge in [0.05, 0.1) is 19.3 Å². The first-order chi connectivity index (χ1) is 8.32. The van der Waals surface area contributed by atoms with Gasteiger partial charge in [0.25, 0.3) is 0 Å². The highest BCUT2D eigenvalue weighted by Crippen LogP contribution is 2.29. The molecule has 1 heterocycles. The van der Waals surface area contributed by atoms with Crippen LogP contribution >= 0.6 is 0 Å². The first-order valence-corrected chi connectivity index (χ1v) is 5.76. The van der Waals surface area contributed by atoms with Crippen LogP contribution in [0.2, 0.25) is 0 Å². The van der Waals surface area contributed by atoms with Gasteiger partial charge < -0.3 is 9.84 Å². The fraction of sp³-hybridized carbons (Fsp3) is 0.462. The van der Waals surface area contributed by atoms with E-state index >= 15 is 0 Å². The van der Waals surface area contributed by atoms with Crippen molar-refractivity contribution < 1.29 is 9.84 Å². The van der Waals surface area contributed by atoms with E-state index in [1.807, 2.05) is 24.3 Å². The molecule has 1 unspecified atom stereocenters. The van der Waals surface area contributed by atoms with Crippen molar-refractivity contribution in [2.45, 2.75) is 18.6 Å². The van der Waals surface area contributed by atoms with E-state index in [1.54, 1.807) is 0 Å². The summed E-state index contributed by atoms with van der Waals surface area (Å²) in [5.41, 5.74) is 1.27. The van der Waals surface area contributed by atoms with Crippen LogP contribution in [-0.4, -0.2) is 24.9 Å². The van der Waals surface area contributed by atoms with Crippen molar-refractivity contribution in [3.8, 4) is 6.07 Å². The maximum absolute atomic E-state index is 9.43. The van der Waals surface area contributed by atoms with Crippen LogP contribution in [0.4, 0.5) is 0 Å². The number of ether oxygens (including phenoxy) is 1. The number of rotatable bonds is 4. The fourth-order valence-electron chi connectivity index (χ4n) is 2.11. The largest absolute Gasteiger partial charge is 0.396 e. The Bertz CT molecular complexity index is 428. The van der Waals surface area contributed by atoms with Gasteiger partial charge in [-0.25, -0.2) is 0 Å². The fourth-order valence-corrected chi connectivity index (χ4v) is 2.11. The first kappa shape index (κ1) is 12.1. The predicted molar refractivity (Wildman–Crippen MR) is 63.1 cm³/mol. The number of benzene rings is 1.